The molecule has 0 atom stereocenters. The molecular weight excluding hydrogens is 313 g/mol. The quantitative estimate of drug-likeness (QED) is 0.600. The maximum Gasteiger partial charge on any atom is 0.232 e. The predicted molar refractivity (Wildman–Crippen MR) is 84.1 cm³/mol. The first kappa shape index (κ1) is 15.9. The number of nitrogens with zero attached hydrogens (tertiary/aromatic N) is 1. The van der Waals surface area contributed by atoms with E-state index in [-0.39, 0.29) is 36.3 Å². The van der Waals surface area contributed by atoms with Crippen molar-refractivity contribution in [1.82, 2.24) is 4.57 Å². The van der Waals surface area contributed by atoms with Crippen LogP contribution in [0.25, 0.3) is 10.9 Å². The minimum atomic E-state index is -0.148. The topological polar surface area (TPSA) is 48.3 Å². The Morgan fingerprint density at radius 1 is 1.19 bits per heavy atom. The van der Waals surface area contributed by atoms with E-state index in [1.807, 2.05) is 0 Å². The first-order chi connectivity index (χ1) is 10.1. The third-order valence-corrected chi connectivity index (χ3v) is 3.59. The summed E-state index contributed by atoms with van der Waals surface area (Å²) in [5.74, 6) is 0.862. The molecule has 1 heterocycles. The minimum absolute atomic E-state index is 0.0966. The average molecular weight is 328 g/mol. The Morgan fingerprint density at radius 2 is 1.90 bits per heavy atom. The normalized spacial score (nSPS) is 10.8. The highest BCUT2D eigenvalue weighted by Crippen LogP contribution is 2.27. The van der Waals surface area contributed by atoms with Crippen LogP contribution in [0.4, 0.5) is 0 Å². The number of hydrogen-bond acceptors (Lipinski definition) is 3. The summed E-state index contributed by atoms with van der Waals surface area (Å²) in [5, 5.41) is 0.687. The van der Waals surface area contributed by atoms with Gasteiger partial charge in [-0.1, -0.05) is 0 Å². The SMILES string of the molecule is COc1ccc2c(c1)c(C(=O)CCCl)cn2C(=O)CCCl. The second-order valence-corrected chi connectivity index (χ2v) is 5.25. The Balaban J connectivity index is 2.60. The van der Waals surface area contributed by atoms with Gasteiger partial charge in [0.15, 0.2) is 5.78 Å². The zero-order valence-electron chi connectivity index (χ0n) is 11.6. The number of fused-ring (bicyclic) bond motifs is 1. The number of ketones is 1. The van der Waals surface area contributed by atoms with Crippen molar-refractivity contribution in [3.8, 4) is 5.75 Å². The lowest BCUT2D eigenvalue weighted by molar-refractivity contribution is 0.0915. The zero-order chi connectivity index (χ0) is 15.4. The average Bonchev–Trinajstić information content (AvgIpc) is 2.86. The largest absolute Gasteiger partial charge is 0.497 e. The highest BCUT2D eigenvalue weighted by Gasteiger charge is 2.18. The van der Waals surface area contributed by atoms with Crippen LogP contribution in [0.3, 0.4) is 0 Å². The molecule has 0 saturated heterocycles. The Morgan fingerprint density at radius 3 is 2.52 bits per heavy atom. The fraction of sp³-hybridized carbons (Fsp3) is 0.333. The molecule has 0 saturated carbocycles. The zero-order valence-corrected chi connectivity index (χ0v) is 13.1. The summed E-state index contributed by atoms with van der Waals surface area (Å²) in [7, 11) is 1.55. The summed E-state index contributed by atoms with van der Waals surface area (Å²) in [5.41, 5.74) is 1.15. The van der Waals surface area contributed by atoms with Gasteiger partial charge < -0.3 is 4.74 Å². The van der Waals surface area contributed by atoms with E-state index in [2.05, 4.69) is 0 Å². The van der Waals surface area contributed by atoms with Crippen LogP contribution in [0.1, 0.15) is 28.0 Å². The van der Waals surface area contributed by atoms with E-state index in [0.29, 0.717) is 22.2 Å². The van der Waals surface area contributed by atoms with Crippen LogP contribution in [0.2, 0.25) is 0 Å². The van der Waals surface area contributed by atoms with Crippen molar-refractivity contribution in [3.63, 3.8) is 0 Å². The Labute approximate surface area is 132 Å². The van der Waals surface area contributed by atoms with E-state index in [4.69, 9.17) is 27.9 Å². The highest BCUT2D eigenvalue weighted by atomic mass is 35.5. The van der Waals surface area contributed by atoms with Crippen molar-refractivity contribution in [2.75, 3.05) is 18.9 Å². The van der Waals surface area contributed by atoms with Crippen molar-refractivity contribution >= 4 is 45.8 Å². The lowest BCUT2D eigenvalue weighted by Gasteiger charge is -2.03. The second-order valence-electron chi connectivity index (χ2n) is 4.49. The van der Waals surface area contributed by atoms with E-state index < -0.39 is 0 Å². The van der Waals surface area contributed by atoms with Gasteiger partial charge in [0, 0.05) is 41.7 Å². The Hall–Kier alpha value is -1.52. The fourth-order valence-corrected chi connectivity index (χ4v) is 2.52. The van der Waals surface area contributed by atoms with Gasteiger partial charge in [-0.05, 0) is 18.2 Å². The number of carbonyl (C=O) groups excluding carboxylic acids is 2. The fourth-order valence-electron chi connectivity index (χ4n) is 2.19. The van der Waals surface area contributed by atoms with E-state index >= 15 is 0 Å². The van der Waals surface area contributed by atoms with E-state index in [1.54, 1.807) is 31.5 Å². The molecule has 0 aliphatic rings. The maximum atomic E-state index is 12.2. The lowest BCUT2D eigenvalue weighted by atomic mass is 10.1. The summed E-state index contributed by atoms with van der Waals surface area (Å²) in [6, 6.07) is 5.27. The number of benzene rings is 1. The van der Waals surface area contributed by atoms with Crippen LogP contribution in [0.5, 0.6) is 5.75 Å². The smallest absolute Gasteiger partial charge is 0.232 e. The van der Waals surface area contributed by atoms with Crippen LogP contribution in [-0.4, -0.2) is 35.1 Å². The Kier molecular flexibility index (Phi) is 5.26. The van der Waals surface area contributed by atoms with Crippen molar-refractivity contribution < 1.29 is 14.3 Å². The molecule has 0 radical (unpaired) electrons. The van der Waals surface area contributed by atoms with Gasteiger partial charge in [0.05, 0.1) is 12.6 Å². The van der Waals surface area contributed by atoms with Gasteiger partial charge in [-0.2, -0.15) is 0 Å². The van der Waals surface area contributed by atoms with E-state index in [0.717, 1.165) is 0 Å². The minimum Gasteiger partial charge on any atom is -0.497 e. The first-order valence-corrected chi connectivity index (χ1v) is 7.56. The van der Waals surface area contributed by atoms with E-state index in [1.165, 1.54) is 4.57 Å². The molecule has 1 aromatic carbocycles. The highest BCUT2D eigenvalue weighted by molar-refractivity contribution is 6.21. The van der Waals surface area contributed by atoms with Gasteiger partial charge in [-0.15, -0.1) is 23.2 Å². The summed E-state index contributed by atoms with van der Waals surface area (Å²) in [6.07, 6.45) is 2.00. The molecule has 112 valence electrons. The standard InChI is InChI=1S/C15H15Cl2NO3/c1-21-10-2-3-13-11(8-10)12(14(19)4-6-16)9-18(13)15(20)5-7-17/h2-3,8-9H,4-7H2,1H3. The van der Waals surface area contributed by atoms with Crippen molar-refractivity contribution in [2.24, 2.45) is 0 Å². The van der Waals surface area contributed by atoms with Crippen molar-refractivity contribution in [2.45, 2.75) is 12.8 Å². The second kappa shape index (κ2) is 6.96. The molecule has 2 rings (SSSR count). The molecule has 0 aliphatic heterocycles. The molecule has 2 aromatic rings. The number of alkyl halides is 2. The van der Waals surface area contributed by atoms with E-state index in [9.17, 15) is 9.59 Å². The monoisotopic (exact) mass is 327 g/mol. The van der Waals surface area contributed by atoms with Gasteiger partial charge in [-0.3, -0.25) is 14.2 Å². The van der Waals surface area contributed by atoms with Crippen LogP contribution >= 0.6 is 23.2 Å². The summed E-state index contributed by atoms with van der Waals surface area (Å²) < 4.78 is 6.65. The van der Waals surface area contributed by atoms with Crippen LogP contribution < -0.4 is 4.74 Å². The molecule has 4 nitrogen and oxygen atoms in total. The van der Waals surface area contributed by atoms with Gasteiger partial charge in [0.2, 0.25) is 5.91 Å². The number of Topliss-reactive ketones (excluding diaryl/α,β-unsaturated/α-hetero) is 1. The number of rotatable bonds is 6. The number of methoxy groups -OCH3 is 1. The predicted octanol–water partition coefficient (Wildman–Crippen LogP) is 3.73. The molecule has 0 aliphatic carbocycles. The summed E-state index contributed by atoms with van der Waals surface area (Å²) in [4.78, 5) is 24.3. The van der Waals surface area contributed by atoms with Crippen molar-refractivity contribution in [1.29, 1.82) is 0 Å². The molecule has 0 unspecified atom stereocenters. The number of carbonyl (C=O) groups is 2. The molecule has 21 heavy (non-hydrogen) atoms. The first-order valence-electron chi connectivity index (χ1n) is 6.49. The molecule has 1 aromatic heterocycles. The van der Waals surface area contributed by atoms with Gasteiger partial charge >= 0.3 is 0 Å². The molecule has 0 amide bonds. The van der Waals surface area contributed by atoms with Gasteiger partial charge in [-0.25, -0.2) is 0 Å². The number of halogens is 2. The van der Waals surface area contributed by atoms with Crippen LogP contribution in [0.15, 0.2) is 24.4 Å². The van der Waals surface area contributed by atoms with Gasteiger partial charge in [0.1, 0.15) is 5.75 Å². The van der Waals surface area contributed by atoms with Gasteiger partial charge in [0.25, 0.3) is 0 Å². The molecule has 6 heteroatoms. The lowest BCUT2D eigenvalue weighted by Crippen LogP contribution is -2.09. The van der Waals surface area contributed by atoms with Crippen LogP contribution in [-0.2, 0) is 0 Å². The molecule has 0 bridgehead atoms. The number of aromatic nitrogens is 1. The summed E-state index contributed by atoms with van der Waals surface area (Å²) in [6.45, 7) is 0. The Bertz CT molecular complexity index is 679. The molecular formula is C15H15Cl2NO3. The summed E-state index contributed by atoms with van der Waals surface area (Å²) >= 11 is 11.3. The van der Waals surface area contributed by atoms with Crippen LogP contribution in [0, 0.1) is 0 Å². The number of ether oxygens (including phenoxy) is 1. The third-order valence-electron chi connectivity index (χ3n) is 3.21. The molecule has 0 spiro atoms. The molecule has 0 fully saturated rings. The number of hydrogen-bond donors (Lipinski definition) is 0. The third kappa shape index (κ3) is 3.22. The molecule has 0 N–H and O–H groups in total. The van der Waals surface area contributed by atoms with Crippen molar-refractivity contribution in [3.05, 3.63) is 30.0 Å². The maximum absolute atomic E-state index is 12.2.